The molecule has 1 heterocycles. The van der Waals surface area contributed by atoms with Gasteiger partial charge >= 0.3 is 0 Å². The lowest BCUT2D eigenvalue weighted by molar-refractivity contribution is 0.486. The summed E-state index contributed by atoms with van der Waals surface area (Å²) in [5.74, 6) is 0.204. The molecule has 2 heteroatoms. The fourth-order valence-corrected chi connectivity index (χ4v) is 4.22. The summed E-state index contributed by atoms with van der Waals surface area (Å²) in [6, 6.07) is 28.6. The Morgan fingerprint density at radius 1 is 0.700 bits per heavy atom. The summed E-state index contributed by atoms with van der Waals surface area (Å²) >= 11 is 0. The van der Waals surface area contributed by atoms with E-state index in [1.807, 2.05) is 0 Å². The Hall–Kier alpha value is -2.94. The average molecular weight is 397 g/mol. The number of para-hydroxylation sites is 1. The first-order chi connectivity index (χ1) is 14.3. The van der Waals surface area contributed by atoms with Gasteiger partial charge in [0.1, 0.15) is 17.1 Å². The molecule has 0 radical (unpaired) electrons. The molecule has 1 aliphatic rings. The molecular weight excluding hydrogens is 364 g/mol. The minimum Gasteiger partial charge on any atom is -0.298 e. The predicted molar refractivity (Wildman–Crippen MR) is 131 cm³/mol. The predicted octanol–water partition coefficient (Wildman–Crippen LogP) is 6.19. The Labute approximate surface area is 181 Å². The first-order valence-electron chi connectivity index (χ1n) is 10.6. The van der Waals surface area contributed by atoms with Crippen LogP contribution in [0, 0.1) is 0 Å². The van der Waals surface area contributed by atoms with E-state index < -0.39 is 0 Å². The summed E-state index contributed by atoms with van der Waals surface area (Å²) in [5, 5.41) is 0. The van der Waals surface area contributed by atoms with Gasteiger partial charge in [0.05, 0.1) is 35.2 Å². The van der Waals surface area contributed by atoms with Gasteiger partial charge in [-0.3, -0.25) is 8.97 Å². The first-order valence-corrected chi connectivity index (χ1v) is 10.6. The fraction of sp³-hybridized carbons (Fsp3) is 0.214. The molecule has 2 nitrogen and oxygen atoms in total. The van der Waals surface area contributed by atoms with Gasteiger partial charge in [0.15, 0.2) is 0 Å². The minimum absolute atomic E-state index is 0.204. The van der Waals surface area contributed by atoms with Crippen molar-refractivity contribution in [1.82, 2.24) is 8.97 Å². The summed E-state index contributed by atoms with van der Waals surface area (Å²) in [4.78, 5) is 0. The number of rotatable bonds is 4. The van der Waals surface area contributed by atoms with E-state index in [9.17, 15) is 0 Å². The maximum Gasteiger partial charge on any atom is 0.144 e. The number of likely N-dealkylation sites (N-methyl/N-ethyl adjacent to an activating group) is 1. The minimum atomic E-state index is 0.204. The van der Waals surface area contributed by atoms with Gasteiger partial charge in [-0.15, -0.1) is 0 Å². The zero-order chi connectivity index (χ0) is 21.4. The monoisotopic (exact) mass is 396 g/mol. The van der Waals surface area contributed by atoms with Crippen LogP contribution in [-0.2, 0) is 0 Å². The van der Waals surface area contributed by atoms with Crippen LogP contribution < -0.4 is 8.97 Å². The van der Waals surface area contributed by atoms with Crippen LogP contribution in [0.3, 0.4) is 0 Å². The summed E-state index contributed by atoms with van der Waals surface area (Å²) < 4.78 is 1.56. The van der Waals surface area contributed by atoms with Crippen molar-refractivity contribution in [1.29, 1.82) is 0 Å². The third-order valence-corrected chi connectivity index (χ3v) is 6.14. The molecule has 1 unspecified atom stereocenters. The standard InChI is InChI=1S/C28H32N2/c1-29(2,3)25-18-15-23(16-19-25)27(22-11-7-6-8-12-22)21-26-20-17-24-13-9-10-14-28(24)30(26,4)5/h6-21,27H,1-5H3/q+2. The molecule has 152 valence electrons. The Morgan fingerprint density at radius 2 is 1.30 bits per heavy atom. The van der Waals surface area contributed by atoms with Crippen LogP contribution in [0.1, 0.15) is 22.6 Å². The molecule has 1 atom stereocenters. The second kappa shape index (κ2) is 7.71. The van der Waals surface area contributed by atoms with Gasteiger partial charge in [-0.2, -0.15) is 0 Å². The largest absolute Gasteiger partial charge is 0.298 e. The molecule has 0 aliphatic carbocycles. The second-order valence-corrected chi connectivity index (χ2v) is 9.43. The van der Waals surface area contributed by atoms with Crippen molar-refractivity contribution in [2.75, 3.05) is 35.2 Å². The Morgan fingerprint density at radius 3 is 1.97 bits per heavy atom. The van der Waals surface area contributed by atoms with E-state index >= 15 is 0 Å². The van der Waals surface area contributed by atoms with Crippen molar-refractivity contribution in [2.24, 2.45) is 0 Å². The topological polar surface area (TPSA) is 0 Å². The first kappa shape index (κ1) is 20.3. The molecule has 0 fully saturated rings. The van der Waals surface area contributed by atoms with Crippen molar-refractivity contribution >= 4 is 17.5 Å². The molecule has 0 bridgehead atoms. The molecule has 3 aromatic rings. The number of nitrogens with zero attached hydrogens (tertiary/aromatic N) is 2. The number of hydrogen-bond acceptors (Lipinski definition) is 0. The second-order valence-electron chi connectivity index (χ2n) is 9.43. The van der Waals surface area contributed by atoms with Crippen LogP contribution in [0.15, 0.2) is 96.7 Å². The zero-order valence-corrected chi connectivity index (χ0v) is 18.7. The van der Waals surface area contributed by atoms with Gasteiger partial charge in [-0.25, -0.2) is 0 Å². The van der Waals surface area contributed by atoms with E-state index in [0.717, 1.165) is 8.97 Å². The fourth-order valence-electron chi connectivity index (χ4n) is 4.22. The lowest BCUT2D eigenvalue weighted by Crippen LogP contribution is -2.40. The smallest absolute Gasteiger partial charge is 0.144 e. The van der Waals surface area contributed by atoms with Crippen LogP contribution in [-0.4, -0.2) is 35.2 Å². The highest BCUT2D eigenvalue weighted by molar-refractivity contribution is 5.73. The molecular formula is C28H32N2+2. The molecule has 1 aliphatic heterocycles. The molecule has 4 rings (SSSR count). The number of benzene rings is 3. The summed E-state index contributed by atoms with van der Waals surface area (Å²) in [7, 11) is 11.2. The number of quaternary nitrogens is 2. The van der Waals surface area contributed by atoms with E-state index in [-0.39, 0.29) is 5.92 Å². The maximum absolute atomic E-state index is 2.43. The van der Waals surface area contributed by atoms with Gasteiger partial charge in [-0.05, 0) is 41.5 Å². The molecule has 3 aromatic carbocycles. The van der Waals surface area contributed by atoms with Gasteiger partial charge < -0.3 is 0 Å². The maximum atomic E-state index is 2.43. The van der Waals surface area contributed by atoms with Gasteiger partial charge in [0.2, 0.25) is 0 Å². The van der Waals surface area contributed by atoms with Crippen LogP contribution in [0.25, 0.3) is 6.08 Å². The van der Waals surface area contributed by atoms with E-state index in [0.29, 0.717) is 0 Å². The Kier molecular flexibility index (Phi) is 5.23. The molecule has 30 heavy (non-hydrogen) atoms. The number of allylic oxidation sites excluding steroid dienone is 2. The van der Waals surface area contributed by atoms with Crippen molar-refractivity contribution < 1.29 is 0 Å². The van der Waals surface area contributed by atoms with Crippen molar-refractivity contribution in [3.05, 3.63) is 113 Å². The Balaban J connectivity index is 1.81. The van der Waals surface area contributed by atoms with E-state index in [1.54, 1.807) is 0 Å². The molecule has 0 N–H and O–H groups in total. The summed E-state index contributed by atoms with van der Waals surface area (Å²) in [6.45, 7) is 0. The highest BCUT2D eigenvalue weighted by Crippen LogP contribution is 2.37. The van der Waals surface area contributed by atoms with Crippen molar-refractivity contribution in [3.8, 4) is 0 Å². The van der Waals surface area contributed by atoms with E-state index in [2.05, 4.69) is 132 Å². The zero-order valence-electron chi connectivity index (χ0n) is 18.7. The van der Waals surface area contributed by atoms with Crippen molar-refractivity contribution in [3.63, 3.8) is 0 Å². The van der Waals surface area contributed by atoms with Gasteiger partial charge in [0, 0.05) is 23.6 Å². The Bertz CT molecular complexity index is 1080. The van der Waals surface area contributed by atoms with Gasteiger partial charge in [0.25, 0.3) is 0 Å². The molecule has 0 aromatic heterocycles. The molecule has 0 saturated heterocycles. The highest BCUT2D eigenvalue weighted by atomic mass is 15.3. The summed E-state index contributed by atoms with van der Waals surface area (Å²) in [6.07, 6.45) is 6.95. The quantitative estimate of drug-likeness (QED) is 0.461. The number of fused-ring (bicyclic) bond motifs is 1. The van der Waals surface area contributed by atoms with Crippen LogP contribution >= 0.6 is 0 Å². The van der Waals surface area contributed by atoms with Gasteiger partial charge in [-0.1, -0.05) is 54.6 Å². The highest BCUT2D eigenvalue weighted by Gasteiger charge is 2.30. The lowest BCUT2D eigenvalue weighted by Gasteiger charge is -2.34. The number of hydrogen-bond donors (Lipinski definition) is 0. The average Bonchev–Trinajstić information content (AvgIpc) is 2.73. The SMILES string of the molecule is C[N+](C)(C)c1ccc(C(C=C2C=Cc3ccccc3[N+]2(C)C)c2ccccc2)cc1. The van der Waals surface area contributed by atoms with Crippen molar-refractivity contribution in [2.45, 2.75) is 5.92 Å². The third-order valence-electron chi connectivity index (χ3n) is 6.14. The summed E-state index contributed by atoms with van der Waals surface area (Å²) in [5.41, 5.74) is 7.87. The normalized spacial score (nSPS) is 17.6. The molecule has 0 amide bonds. The van der Waals surface area contributed by atoms with Crippen LogP contribution in [0.4, 0.5) is 11.4 Å². The molecule has 0 saturated carbocycles. The van der Waals surface area contributed by atoms with E-state index in [1.165, 1.54) is 33.8 Å². The molecule has 0 spiro atoms. The lowest BCUT2D eigenvalue weighted by atomic mass is 9.89. The van der Waals surface area contributed by atoms with Crippen LogP contribution in [0.5, 0.6) is 0 Å². The van der Waals surface area contributed by atoms with Crippen LogP contribution in [0.2, 0.25) is 0 Å². The van der Waals surface area contributed by atoms with E-state index in [4.69, 9.17) is 0 Å². The third kappa shape index (κ3) is 3.89.